The molecular formula is C12H22N4O2S. The molecular weight excluding hydrogens is 264 g/mol. The minimum atomic E-state index is -1.06. The molecule has 108 valence electrons. The quantitative estimate of drug-likeness (QED) is 0.668. The van der Waals surface area contributed by atoms with Crippen LogP contribution >= 0.6 is 11.3 Å². The monoisotopic (exact) mass is 286 g/mol. The third kappa shape index (κ3) is 4.77. The molecule has 1 aromatic heterocycles. The van der Waals surface area contributed by atoms with Crippen LogP contribution < -0.4 is 11.1 Å². The van der Waals surface area contributed by atoms with E-state index in [-0.39, 0.29) is 6.04 Å². The molecule has 0 saturated carbocycles. The number of thiazole rings is 1. The number of aromatic nitrogens is 1. The Hall–Kier alpha value is -1.18. The summed E-state index contributed by atoms with van der Waals surface area (Å²) in [5.74, 6) is -1.06. The summed E-state index contributed by atoms with van der Waals surface area (Å²) in [6.45, 7) is 9.28. The number of carbonyl (C=O) groups is 1. The largest absolute Gasteiger partial charge is 0.480 e. The summed E-state index contributed by atoms with van der Waals surface area (Å²) in [5, 5.41) is 14.5. The third-order valence-corrected chi connectivity index (χ3v) is 3.69. The minimum Gasteiger partial charge on any atom is -0.480 e. The van der Waals surface area contributed by atoms with Crippen LogP contribution in [0.25, 0.3) is 0 Å². The number of likely N-dealkylation sites (N-methyl/N-ethyl adjacent to an activating group) is 1. The number of carboxylic acids is 1. The highest BCUT2D eigenvalue weighted by Gasteiger charge is 2.18. The summed E-state index contributed by atoms with van der Waals surface area (Å²) in [4.78, 5) is 17.3. The van der Waals surface area contributed by atoms with E-state index in [0.717, 1.165) is 19.6 Å². The highest BCUT2D eigenvalue weighted by Crippen LogP contribution is 2.20. The second-order valence-corrected chi connectivity index (χ2v) is 5.28. The van der Waals surface area contributed by atoms with Crippen LogP contribution in [0.15, 0.2) is 5.38 Å². The van der Waals surface area contributed by atoms with Gasteiger partial charge in [-0.05, 0) is 20.0 Å². The van der Waals surface area contributed by atoms with E-state index in [1.807, 2.05) is 0 Å². The predicted octanol–water partition coefficient (Wildman–Crippen LogP) is 1.37. The first-order valence-electron chi connectivity index (χ1n) is 6.40. The topological polar surface area (TPSA) is 91.5 Å². The van der Waals surface area contributed by atoms with Gasteiger partial charge in [0, 0.05) is 18.0 Å². The minimum absolute atomic E-state index is 0.250. The van der Waals surface area contributed by atoms with Crippen molar-refractivity contribution in [2.75, 3.05) is 25.0 Å². The molecule has 0 aliphatic carbocycles. The predicted molar refractivity (Wildman–Crippen MR) is 77.6 cm³/mol. The molecule has 0 fully saturated rings. The standard InChI is InChI=1S/C12H22N4O2S/c1-4-16(5-2)6-8(3)14-12-15-9(7-19-12)10(13)11(17)18/h7-8,10H,4-6,13H2,1-3H3,(H,14,15)(H,17,18). The van der Waals surface area contributed by atoms with E-state index in [1.54, 1.807) is 5.38 Å². The van der Waals surface area contributed by atoms with Crippen LogP contribution in [0.4, 0.5) is 5.13 Å². The summed E-state index contributed by atoms with van der Waals surface area (Å²) >= 11 is 1.38. The molecule has 1 heterocycles. The molecule has 0 spiro atoms. The average molecular weight is 286 g/mol. The lowest BCUT2D eigenvalue weighted by Crippen LogP contribution is -2.34. The Balaban J connectivity index is 2.56. The second-order valence-electron chi connectivity index (χ2n) is 4.42. The van der Waals surface area contributed by atoms with Gasteiger partial charge in [0.1, 0.15) is 6.04 Å². The third-order valence-electron chi connectivity index (χ3n) is 2.90. The van der Waals surface area contributed by atoms with Crippen molar-refractivity contribution in [3.8, 4) is 0 Å². The van der Waals surface area contributed by atoms with Crippen molar-refractivity contribution in [2.45, 2.75) is 32.9 Å². The van der Waals surface area contributed by atoms with Crippen LogP contribution in [0.1, 0.15) is 32.5 Å². The van der Waals surface area contributed by atoms with Crippen LogP contribution in [0.3, 0.4) is 0 Å². The van der Waals surface area contributed by atoms with Crippen LogP contribution in [-0.4, -0.2) is 46.6 Å². The van der Waals surface area contributed by atoms with Gasteiger partial charge in [-0.2, -0.15) is 0 Å². The summed E-state index contributed by atoms with van der Waals surface area (Å²) in [6.07, 6.45) is 0. The highest BCUT2D eigenvalue weighted by atomic mass is 32.1. The van der Waals surface area contributed by atoms with Crippen LogP contribution in [-0.2, 0) is 4.79 Å². The smallest absolute Gasteiger partial charge is 0.326 e. The van der Waals surface area contributed by atoms with E-state index in [0.29, 0.717) is 10.8 Å². The summed E-state index contributed by atoms with van der Waals surface area (Å²) in [5.41, 5.74) is 5.91. The number of hydrogen-bond donors (Lipinski definition) is 3. The SMILES string of the molecule is CCN(CC)CC(C)Nc1nc(C(N)C(=O)O)cs1. The molecule has 0 saturated heterocycles. The molecule has 7 heteroatoms. The molecule has 6 nitrogen and oxygen atoms in total. The fourth-order valence-electron chi connectivity index (χ4n) is 1.75. The number of nitrogens with one attached hydrogen (secondary N) is 1. The Morgan fingerprint density at radius 2 is 2.21 bits per heavy atom. The van der Waals surface area contributed by atoms with E-state index in [1.165, 1.54) is 11.3 Å². The van der Waals surface area contributed by atoms with Gasteiger partial charge in [0.05, 0.1) is 5.69 Å². The normalized spacial score (nSPS) is 14.4. The van der Waals surface area contributed by atoms with E-state index in [4.69, 9.17) is 10.8 Å². The van der Waals surface area contributed by atoms with E-state index in [2.05, 4.69) is 36.0 Å². The average Bonchev–Trinajstić information content (AvgIpc) is 2.83. The summed E-state index contributed by atoms with van der Waals surface area (Å²) in [7, 11) is 0. The maximum Gasteiger partial charge on any atom is 0.326 e. The van der Waals surface area contributed by atoms with Crippen molar-refractivity contribution >= 4 is 22.4 Å². The van der Waals surface area contributed by atoms with E-state index < -0.39 is 12.0 Å². The van der Waals surface area contributed by atoms with Crippen molar-refractivity contribution in [1.29, 1.82) is 0 Å². The molecule has 0 aliphatic rings. The summed E-state index contributed by atoms with van der Waals surface area (Å²) in [6, 6.07) is -0.801. The second kappa shape index (κ2) is 7.42. The molecule has 19 heavy (non-hydrogen) atoms. The molecule has 1 aromatic rings. The lowest BCUT2D eigenvalue weighted by Gasteiger charge is -2.23. The molecule has 2 unspecified atom stereocenters. The van der Waals surface area contributed by atoms with Crippen LogP contribution in [0.5, 0.6) is 0 Å². The van der Waals surface area contributed by atoms with Gasteiger partial charge >= 0.3 is 5.97 Å². The van der Waals surface area contributed by atoms with Crippen molar-refractivity contribution in [3.63, 3.8) is 0 Å². The molecule has 1 rings (SSSR count). The van der Waals surface area contributed by atoms with Crippen LogP contribution in [0, 0.1) is 0 Å². The zero-order valence-electron chi connectivity index (χ0n) is 11.6. The molecule has 4 N–H and O–H groups in total. The molecule has 2 atom stereocenters. The molecule has 0 amide bonds. The Morgan fingerprint density at radius 1 is 1.58 bits per heavy atom. The van der Waals surface area contributed by atoms with E-state index >= 15 is 0 Å². The maximum atomic E-state index is 10.8. The van der Waals surface area contributed by atoms with Gasteiger partial charge in [0.2, 0.25) is 0 Å². The maximum absolute atomic E-state index is 10.8. The Labute approximate surface area is 117 Å². The fourth-order valence-corrected chi connectivity index (χ4v) is 2.61. The summed E-state index contributed by atoms with van der Waals surface area (Å²) < 4.78 is 0. The van der Waals surface area contributed by atoms with Crippen molar-refractivity contribution < 1.29 is 9.90 Å². The van der Waals surface area contributed by atoms with Gasteiger partial charge < -0.3 is 21.1 Å². The van der Waals surface area contributed by atoms with Crippen molar-refractivity contribution in [3.05, 3.63) is 11.1 Å². The lowest BCUT2D eigenvalue weighted by atomic mass is 10.2. The van der Waals surface area contributed by atoms with Gasteiger partial charge in [0.25, 0.3) is 0 Å². The number of nitrogens with zero attached hydrogens (tertiary/aromatic N) is 2. The van der Waals surface area contributed by atoms with Crippen LogP contribution in [0.2, 0.25) is 0 Å². The Morgan fingerprint density at radius 3 is 2.74 bits per heavy atom. The van der Waals surface area contributed by atoms with Gasteiger partial charge in [-0.25, -0.2) is 4.98 Å². The van der Waals surface area contributed by atoms with Gasteiger partial charge in [-0.15, -0.1) is 11.3 Å². The number of rotatable bonds is 8. The van der Waals surface area contributed by atoms with Gasteiger partial charge in [-0.3, -0.25) is 4.79 Å². The van der Waals surface area contributed by atoms with Crippen molar-refractivity contribution in [2.24, 2.45) is 5.73 Å². The van der Waals surface area contributed by atoms with Gasteiger partial charge in [-0.1, -0.05) is 13.8 Å². The van der Waals surface area contributed by atoms with Crippen molar-refractivity contribution in [1.82, 2.24) is 9.88 Å². The zero-order valence-corrected chi connectivity index (χ0v) is 12.4. The zero-order chi connectivity index (χ0) is 14.4. The first kappa shape index (κ1) is 15.9. The Bertz CT molecular complexity index is 406. The number of hydrogen-bond acceptors (Lipinski definition) is 6. The number of aliphatic carboxylic acids is 1. The number of carboxylic acid groups (broad SMARTS) is 1. The Kier molecular flexibility index (Phi) is 6.20. The molecule has 0 radical (unpaired) electrons. The van der Waals surface area contributed by atoms with Gasteiger partial charge in [0.15, 0.2) is 5.13 Å². The number of anilines is 1. The first-order valence-corrected chi connectivity index (χ1v) is 7.28. The molecule has 0 aliphatic heterocycles. The lowest BCUT2D eigenvalue weighted by molar-refractivity contribution is -0.138. The molecule has 0 bridgehead atoms. The number of nitrogens with two attached hydrogens (primary N) is 1. The highest BCUT2D eigenvalue weighted by molar-refractivity contribution is 7.13. The fraction of sp³-hybridized carbons (Fsp3) is 0.667. The van der Waals surface area contributed by atoms with E-state index in [9.17, 15) is 4.79 Å². The molecule has 0 aromatic carbocycles. The first-order chi connectivity index (χ1) is 8.97.